The van der Waals surface area contributed by atoms with Crippen LogP contribution in [-0.2, 0) is 22.9 Å². The summed E-state index contributed by atoms with van der Waals surface area (Å²) in [5.74, 6) is -0.0974. The number of fused-ring (bicyclic) bond motifs is 1. The minimum absolute atomic E-state index is 0.0974. The molecule has 1 aliphatic rings. The lowest BCUT2D eigenvalue weighted by molar-refractivity contribution is 0.0661. The molecule has 0 aliphatic heterocycles. The summed E-state index contributed by atoms with van der Waals surface area (Å²) in [4.78, 5) is 15.3. The van der Waals surface area contributed by atoms with Crippen LogP contribution in [0.25, 0.3) is 0 Å². The normalized spacial score (nSPS) is 16.4. The van der Waals surface area contributed by atoms with Crippen LogP contribution in [0.4, 0.5) is 0 Å². The topological polar surface area (TPSA) is 66.5 Å². The van der Waals surface area contributed by atoms with E-state index in [1.54, 1.807) is 19.1 Å². The van der Waals surface area contributed by atoms with Crippen molar-refractivity contribution in [2.24, 2.45) is 0 Å². The molecule has 0 aromatic heterocycles. The standard InChI is InChI=1S/C22H28N2O3S/c1-3-14-24(20-13-12-17-8-5-6-9-18(17)15-20)22(25)19-10-7-11-21(16-19)28(26,27)23-4-2/h5-11,16,20,23H,3-4,12-15H2,1-2H3. The molecule has 2 aromatic carbocycles. The van der Waals surface area contributed by atoms with Crippen LogP contribution >= 0.6 is 0 Å². The van der Waals surface area contributed by atoms with Crippen LogP contribution in [0.1, 0.15) is 48.2 Å². The number of carbonyl (C=O) groups is 1. The van der Waals surface area contributed by atoms with Gasteiger partial charge in [-0.25, -0.2) is 13.1 Å². The molecule has 5 nitrogen and oxygen atoms in total. The first-order valence-electron chi connectivity index (χ1n) is 9.93. The highest BCUT2D eigenvalue weighted by Gasteiger charge is 2.28. The Morgan fingerprint density at radius 1 is 1.11 bits per heavy atom. The number of nitrogens with one attached hydrogen (secondary N) is 1. The smallest absolute Gasteiger partial charge is 0.254 e. The molecule has 1 unspecified atom stereocenters. The molecule has 0 saturated heterocycles. The van der Waals surface area contributed by atoms with E-state index in [-0.39, 0.29) is 16.8 Å². The number of rotatable bonds is 7. The van der Waals surface area contributed by atoms with Crippen molar-refractivity contribution in [2.75, 3.05) is 13.1 Å². The molecule has 1 aliphatic carbocycles. The van der Waals surface area contributed by atoms with Crippen LogP contribution in [0.3, 0.4) is 0 Å². The van der Waals surface area contributed by atoms with E-state index in [1.165, 1.54) is 23.3 Å². The third-order valence-electron chi connectivity index (χ3n) is 5.21. The fourth-order valence-electron chi connectivity index (χ4n) is 3.87. The monoisotopic (exact) mass is 400 g/mol. The van der Waals surface area contributed by atoms with Gasteiger partial charge in [-0.3, -0.25) is 4.79 Å². The predicted molar refractivity (Wildman–Crippen MR) is 111 cm³/mol. The van der Waals surface area contributed by atoms with E-state index in [1.807, 2.05) is 11.0 Å². The molecule has 1 amide bonds. The molecule has 0 bridgehead atoms. The SMILES string of the molecule is CCCN(C(=O)c1cccc(S(=O)(=O)NCC)c1)C1CCc2ccccc2C1. The lowest BCUT2D eigenvalue weighted by Gasteiger charge is -2.35. The van der Waals surface area contributed by atoms with Gasteiger partial charge in [0.25, 0.3) is 5.91 Å². The number of sulfonamides is 1. The average Bonchev–Trinajstić information content (AvgIpc) is 2.71. The van der Waals surface area contributed by atoms with Gasteiger partial charge >= 0.3 is 0 Å². The summed E-state index contributed by atoms with van der Waals surface area (Å²) in [6.07, 6.45) is 3.60. The van der Waals surface area contributed by atoms with Crippen molar-refractivity contribution in [1.29, 1.82) is 0 Å². The summed E-state index contributed by atoms with van der Waals surface area (Å²) in [6.45, 7) is 4.76. The number of aryl methyl sites for hydroxylation is 1. The largest absolute Gasteiger partial charge is 0.335 e. The second kappa shape index (κ2) is 8.88. The van der Waals surface area contributed by atoms with Gasteiger partial charge in [0.05, 0.1) is 4.90 Å². The van der Waals surface area contributed by atoms with Crippen molar-refractivity contribution in [1.82, 2.24) is 9.62 Å². The van der Waals surface area contributed by atoms with Crippen molar-refractivity contribution in [3.63, 3.8) is 0 Å². The van der Waals surface area contributed by atoms with Gasteiger partial charge in [0.2, 0.25) is 10.0 Å². The Morgan fingerprint density at radius 3 is 2.57 bits per heavy atom. The summed E-state index contributed by atoms with van der Waals surface area (Å²) >= 11 is 0. The van der Waals surface area contributed by atoms with Crippen LogP contribution in [0.5, 0.6) is 0 Å². The third-order valence-corrected chi connectivity index (χ3v) is 6.76. The third kappa shape index (κ3) is 4.45. The highest BCUT2D eigenvalue weighted by molar-refractivity contribution is 7.89. The molecule has 28 heavy (non-hydrogen) atoms. The molecular weight excluding hydrogens is 372 g/mol. The first kappa shape index (κ1) is 20.6. The minimum atomic E-state index is -3.59. The number of hydrogen-bond acceptors (Lipinski definition) is 3. The lowest BCUT2D eigenvalue weighted by atomic mass is 9.87. The molecular formula is C22H28N2O3S. The van der Waals surface area contributed by atoms with Gasteiger partial charge in [-0.1, -0.05) is 44.2 Å². The molecule has 0 heterocycles. The number of benzene rings is 2. The zero-order valence-electron chi connectivity index (χ0n) is 16.5. The lowest BCUT2D eigenvalue weighted by Crippen LogP contribution is -2.44. The summed E-state index contributed by atoms with van der Waals surface area (Å²) in [7, 11) is -3.59. The molecule has 0 spiro atoms. The van der Waals surface area contributed by atoms with E-state index in [4.69, 9.17) is 0 Å². The number of nitrogens with zero attached hydrogens (tertiary/aromatic N) is 1. The molecule has 0 saturated carbocycles. The highest BCUT2D eigenvalue weighted by Crippen LogP contribution is 2.26. The Bertz CT molecular complexity index is 940. The Kier molecular flexibility index (Phi) is 6.52. The van der Waals surface area contributed by atoms with Gasteiger partial charge < -0.3 is 4.90 Å². The molecule has 1 N–H and O–H groups in total. The first-order valence-corrected chi connectivity index (χ1v) is 11.4. The zero-order chi connectivity index (χ0) is 20.1. The fraction of sp³-hybridized carbons (Fsp3) is 0.409. The maximum atomic E-state index is 13.3. The van der Waals surface area contributed by atoms with Gasteiger partial charge in [0.15, 0.2) is 0 Å². The van der Waals surface area contributed by atoms with E-state index < -0.39 is 10.0 Å². The van der Waals surface area contributed by atoms with Crippen molar-refractivity contribution < 1.29 is 13.2 Å². The zero-order valence-corrected chi connectivity index (χ0v) is 17.3. The van der Waals surface area contributed by atoms with Crippen LogP contribution < -0.4 is 4.72 Å². The van der Waals surface area contributed by atoms with Crippen LogP contribution in [-0.4, -0.2) is 38.4 Å². The Labute approximate surface area is 167 Å². The van der Waals surface area contributed by atoms with Crippen LogP contribution in [0.2, 0.25) is 0 Å². The second-order valence-corrected chi connectivity index (χ2v) is 8.96. The quantitative estimate of drug-likeness (QED) is 0.775. The van der Waals surface area contributed by atoms with Crippen LogP contribution in [0, 0.1) is 0 Å². The number of carbonyl (C=O) groups excluding carboxylic acids is 1. The summed E-state index contributed by atoms with van der Waals surface area (Å²) in [6, 6.07) is 14.9. The van der Waals surface area contributed by atoms with Crippen molar-refractivity contribution in [2.45, 2.75) is 50.5 Å². The Hall–Kier alpha value is -2.18. The van der Waals surface area contributed by atoms with Crippen LogP contribution in [0.15, 0.2) is 53.4 Å². The van der Waals surface area contributed by atoms with Crippen molar-refractivity contribution >= 4 is 15.9 Å². The van der Waals surface area contributed by atoms with E-state index >= 15 is 0 Å². The van der Waals surface area contributed by atoms with Crippen molar-refractivity contribution in [3.8, 4) is 0 Å². The first-order chi connectivity index (χ1) is 13.5. The molecule has 0 fully saturated rings. The summed E-state index contributed by atoms with van der Waals surface area (Å²) in [5, 5.41) is 0. The number of hydrogen-bond donors (Lipinski definition) is 1. The molecule has 150 valence electrons. The predicted octanol–water partition coefficient (Wildman–Crippen LogP) is 3.39. The summed E-state index contributed by atoms with van der Waals surface area (Å²) in [5.41, 5.74) is 3.09. The van der Waals surface area contributed by atoms with E-state index in [0.29, 0.717) is 18.7 Å². The minimum Gasteiger partial charge on any atom is -0.335 e. The van der Waals surface area contributed by atoms with E-state index in [2.05, 4.69) is 29.8 Å². The Morgan fingerprint density at radius 2 is 1.86 bits per heavy atom. The van der Waals surface area contributed by atoms with Gasteiger partial charge in [-0.2, -0.15) is 0 Å². The van der Waals surface area contributed by atoms with Gasteiger partial charge in [-0.05, 0) is 55.0 Å². The molecule has 3 rings (SSSR count). The second-order valence-electron chi connectivity index (χ2n) is 7.19. The fourth-order valence-corrected chi connectivity index (χ4v) is 4.96. The van der Waals surface area contributed by atoms with E-state index in [0.717, 1.165) is 25.7 Å². The maximum Gasteiger partial charge on any atom is 0.254 e. The summed E-state index contributed by atoms with van der Waals surface area (Å²) < 4.78 is 27.1. The van der Waals surface area contributed by atoms with E-state index in [9.17, 15) is 13.2 Å². The molecule has 0 radical (unpaired) electrons. The maximum absolute atomic E-state index is 13.3. The Balaban J connectivity index is 1.86. The average molecular weight is 401 g/mol. The highest BCUT2D eigenvalue weighted by atomic mass is 32.2. The molecule has 2 aromatic rings. The molecule has 6 heteroatoms. The van der Waals surface area contributed by atoms with Gasteiger partial charge in [0.1, 0.15) is 0 Å². The van der Waals surface area contributed by atoms with Gasteiger partial charge in [-0.15, -0.1) is 0 Å². The number of amides is 1. The molecule has 1 atom stereocenters. The van der Waals surface area contributed by atoms with Gasteiger partial charge in [0, 0.05) is 24.7 Å². The van der Waals surface area contributed by atoms with Crippen molar-refractivity contribution in [3.05, 3.63) is 65.2 Å².